The molecule has 9 aromatic carbocycles. The number of rotatable bonds is 7. The van der Waals surface area contributed by atoms with Crippen LogP contribution in [0.5, 0.6) is 0 Å². The first-order valence-corrected chi connectivity index (χ1v) is 20.5. The minimum Gasteiger partial charge on any atom is -0.208 e. The van der Waals surface area contributed by atoms with Crippen LogP contribution in [0.25, 0.3) is 112 Å². The van der Waals surface area contributed by atoms with Gasteiger partial charge in [0.05, 0.1) is 23.3 Å². The molecule has 10 aromatic rings. The lowest BCUT2D eigenvalue weighted by atomic mass is 9.86. The highest BCUT2D eigenvalue weighted by atomic mass is 15.0. The van der Waals surface area contributed by atoms with Gasteiger partial charge in [0, 0.05) is 22.3 Å². The highest BCUT2D eigenvalue weighted by molar-refractivity contribution is 6.19. The molecular weight excluding hydrogens is 755 g/mol. The summed E-state index contributed by atoms with van der Waals surface area (Å²) in [6.45, 7) is 0. The zero-order valence-corrected chi connectivity index (χ0v) is 33.3. The van der Waals surface area contributed by atoms with Crippen LogP contribution in [-0.2, 0) is 0 Å². The molecule has 5 nitrogen and oxygen atoms in total. The van der Waals surface area contributed by atoms with Crippen LogP contribution in [-0.4, -0.2) is 15.0 Å². The molecule has 1 aliphatic carbocycles. The summed E-state index contributed by atoms with van der Waals surface area (Å²) >= 11 is 0. The lowest BCUT2D eigenvalue weighted by Gasteiger charge is -2.17. The number of hydrogen-bond donors (Lipinski definition) is 0. The third-order valence-corrected chi connectivity index (χ3v) is 11.8. The van der Waals surface area contributed by atoms with Gasteiger partial charge < -0.3 is 0 Å². The van der Waals surface area contributed by atoms with Crippen molar-refractivity contribution in [3.05, 3.63) is 211 Å². The molecule has 0 amide bonds. The van der Waals surface area contributed by atoms with E-state index in [2.05, 4.69) is 103 Å². The molecule has 0 saturated carbocycles. The van der Waals surface area contributed by atoms with Gasteiger partial charge >= 0.3 is 0 Å². The third-order valence-electron chi connectivity index (χ3n) is 11.8. The average molecular weight is 788 g/mol. The molecule has 0 bridgehead atoms. The van der Waals surface area contributed by atoms with E-state index in [-0.39, 0.29) is 0 Å². The van der Waals surface area contributed by atoms with E-state index in [9.17, 15) is 10.5 Å². The normalized spacial score (nSPS) is 11.2. The molecule has 0 radical (unpaired) electrons. The minimum atomic E-state index is 0.509. The van der Waals surface area contributed by atoms with Crippen molar-refractivity contribution in [3.8, 4) is 113 Å². The zero-order valence-electron chi connectivity index (χ0n) is 33.3. The first-order chi connectivity index (χ1) is 30.7. The predicted molar refractivity (Wildman–Crippen MR) is 249 cm³/mol. The van der Waals surface area contributed by atoms with Crippen molar-refractivity contribution in [1.29, 1.82) is 10.5 Å². The molecule has 5 heteroatoms. The highest BCUT2D eigenvalue weighted by Crippen LogP contribution is 2.51. The van der Waals surface area contributed by atoms with E-state index in [4.69, 9.17) is 15.0 Å². The van der Waals surface area contributed by atoms with Gasteiger partial charge in [0.15, 0.2) is 17.5 Å². The molecule has 1 heterocycles. The molecule has 0 saturated heterocycles. The average Bonchev–Trinajstić information content (AvgIpc) is 3.69. The molecule has 1 aromatic heterocycles. The van der Waals surface area contributed by atoms with Crippen molar-refractivity contribution in [2.24, 2.45) is 0 Å². The summed E-state index contributed by atoms with van der Waals surface area (Å²) in [4.78, 5) is 15.5. The summed E-state index contributed by atoms with van der Waals surface area (Å²) in [6, 6.07) is 72.6. The van der Waals surface area contributed by atoms with Gasteiger partial charge in [-0.05, 0) is 96.2 Å². The van der Waals surface area contributed by atoms with E-state index in [1.165, 1.54) is 33.0 Å². The topological polar surface area (TPSA) is 86.2 Å². The summed E-state index contributed by atoms with van der Waals surface area (Å²) in [5.74, 6) is 1.58. The fourth-order valence-electron chi connectivity index (χ4n) is 8.98. The van der Waals surface area contributed by atoms with Gasteiger partial charge in [-0.3, -0.25) is 0 Å². The van der Waals surface area contributed by atoms with Gasteiger partial charge in [-0.25, -0.2) is 15.0 Å². The van der Waals surface area contributed by atoms with Crippen molar-refractivity contribution in [2.45, 2.75) is 0 Å². The SMILES string of the molecule is N#Cc1ccc(-c2ccccc2-c2nc(-c3ccccc3)nc(-c3ccccc3-c3cccc(C#N)c3-c3cccc(-c4ccc5cccc6c5c4-c4ccccc4-6)c3)n2)cc1. The maximum atomic E-state index is 10.7. The number of aromatic nitrogens is 3. The van der Waals surface area contributed by atoms with Gasteiger partial charge in [0.25, 0.3) is 0 Å². The molecule has 0 fully saturated rings. The van der Waals surface area contributed by atoms with Crippen LogP contribution >= 0.6 is 0 Å². The van der Waals surface area contributed by atoms with Crippen LogP contribution in [0.2, 0.25) is 0 Å². The summed E-state index contributed by atoms with van der Waals surface area (Å²) in [7, 11) is 0. The molecule has 0 N–H and O–H groups in total. The van der Waals surface area contributed by atoms with Gasteiger partial charge in [0.1, 0.15) is 0 Å². The van der Waals surface area contributed by atoms with Crippen molar-refractivity contribution < 1.29 is 0 Å². The first-order valence-electron chi connectivity index (χ1n) is 20.5. The third kappa shape index (κ3) is 6.13. The largest absolute Gasteiger partial charge is 0.208 e. The summed E-state index contributed by atoms with van der Waals surface area (Å²) in [6.07, 6.45) is 0. The maximum absolute atomic E-state index is 10.7. The van der Waals surface area contributed by atoms with E-state index >= 15 is 0 Å². The van der Waals surface area contributed by atoms with Crippen LogP contribution < -0.4 is 0 Å². The highest BCUT2D eigenvalue weighted by Gasteiger charge is 2.25. The molecular formula is C57H33N5. The van der Waals surface area contributed by atoms with Gasteiger partial charge in [-0.2, -0.15) is 10.5 Å². The van der Waals surface area contributed by atoms with Crippen LogP contribution in [0.4, 0.5) is 0 Å². The van der Waals surface area contributed by atoms with Crippen LogP contribution in [0.1, 0.15) is 11.1 Å². The second-order valence-electron chi connectivity index (χ2n) is 15.3. The smallest absolute Gasteiger partial charge is 0.164 e. The van der Waals surface area contributed by atoms with Crippen molar-refractivity contribution in [1.82, 2.24) is 15.0 Å². The number of fused-ring (bicyclic) bond motifs is 3. The Labute approximate surface area is 359 Å². The molecule has 0 atom stereocenters. The van der Waals surface area contributed by atoms with Crippen LogP contribution in [0.3, 0.4) is 0 Å². The van der Waals surface area contributed by atoms with E-state index in [1.807, 2.05) is 109 Å². The number of benzene rings is 9. The monoisotopic (exact) mass is 787 g/mol. The van der Waals surface area contributed by atoms with E-state index < -0.39 is 0 Å². The van der Waals surface area contributed by atoms with Gasteiger partial charge in [-0.1, -0.05) is 176 Å². The lowest BCUT2D eigenvalue weighted by Crippen LogP contribution is -2.02. The van der Waals surface area contributed by atoms with E-state index in [0.717, 1.165) is 61.2 Å². The standard InChI is InChI=1S/C57H33N5/c58-34-36-27-29-37(30-28-36)43-19-4-8-23-50(43)56-60-55(39-13-2-1-3-14-39)61-57(62-56)51-24-9-6-21-46(51)47-25-12-18-42(35-59)52(47)41-17-10-16-40(33-41)44-32-31-38-15-11-26-48-45-20-5-7-22-49(45)54(44)53(38)48/h1-33H. The lowest BCUT2D eigenvalue weighted by molar-refractivity contribution is 1.07. The Bertz CT molecular complexity index is 3480. The molecule has 0 spiro atoms. The van der Waals surface area contributed by atoms with Crippen LogP contribution in [0, 0.1) is 22.7 Å². The van der Waals surface area contributed by atoms with Crippen molar-refractivity contribution in [2.75, 3.05) is 0 Å². The van der Waals surface area contributed by atoms with E-state index in [1.54, 1.807) is 0 Å². The van der Waals surface area contributed by atoms with Crippen molar-refractivity contribution >= 4 is 10.8 Å². The molecule has 0 aliphatic heterocycles. The fourth-order valence-corrected chi connectivity index (χ4v) is 8.98. The number of hydrogen-bond acceptors (Lipinski definition) is 5. The van der Waals surface area contributed by atoms with E-state index in [0.29, 0.717) is 28.6 Å². The number of nitriles is 2. The Kier molecular flexibility index (Phi) is 8.85. The molecule has 1 aliphatic rings. The fraction of sp³-hybridized carbons (Fsp3) is 0. The van der Waals surface area contributed by atoms with Crippen LogP contribution in [0.15, 0.2) is 200 Å². The quantitative estimate of drug-likeness (QED) is 0.161. The first kappa shape index (κ1) is 36.3. The molecule has 0 unspecified atom stereocenters. The summed E-state index contributed by atoms with van der Waals surface area (Å²) in [5.41, 5.74) is 16.3. The zero-order chi connectivity index (χ0) is 41.6. The Balaban J connectivity index is 1.09. The predicted octanol–water partition coefficient (Wildman–Crippen LogP) is 14.1. The molecule has 62 heavy (non-hydrogen) atoms. The Morgan fingerprint density at radius 1 is 0.306 bits per heavy atom. The van der Waals surface area contributed by atoms with Gasteiger partial charge in [-0.15, -0.1) is 0 Å². The molecule has 286 valence electrons. The Hall–Kier alpha value is -8.77. The summed E-state index contributed by atoms with van der Waals surface area (Å²) < 4.78 is 0. The second kappa shape index (κ2) is 15.1. The second-order valence-corrected chi connectivity index (χ2v) is 15.3. The number of nitrogens with zero attached hydrogens (tertiary/aromatic N) is 5. The summed E-state index contributed by atoms with van der Waals surface area (Å²) in [5, 5.41) is 22.7. The Morgan fingerprint density at radius 3 is 1.58 bits per heavy atom. The van der Waals surface area contributed by atoms with Gasteiger partial charge in [0.2, 0.25) is 0 Å². The minimum absolute atomic E-state index is 0.509. The molecule has 11 rings (SSSR count). The van der Waals surface area contributed by atoms with Crippen molar-refractivity contribution in [3.63, 3.8) is 0 Å². The maximum Gasteiger partial charge on any atom is 0.164 e. The Morgan fingerprint density at radius 2 is 0.855 bits per heavy atom.